The van der Waals surface area contributed by atoms with Gasteiger partial charge in [0, 0.05) is 10.9 Å². The zero-order chi connectivity index (χ0) is 15.6. The van der Waals surface area contributed by atoms with Crippen LogP contribution in [0.15, 0.2) is 34.8 Å². The molecule has 0 bridgehead atoms. The third-order valence-electron chi connectivity index (χ3n) is 2.90. The Bertz CT molecular complexity index is 678. The molecule has 0 atom stereocenters. The molecule has 2 rings (SSSR count). The van der Waals surface area contributed by atoms with Crippen LogP contribution in [-0.4, -0.2) is 12.9 Å². The predicted octanol–water partition coefficient (Wildman–Crippen LogP) is 4.30. The van der Waals surface area contributed by atoms with E-state index < -0.39 is 35.2 Å². The average Bonchev–Trinajstić information content (AvgIpc) is 2.40. The zero-order valence-electron chi connectivity index (χ0n) is 10.9. The fourth-order valence-electron chi connectivity index (χ4n) is 1.92. The molecule has 0 unspecified atom stereocenters. The van der Waals surface area contributed by atoms with Crippen LogP contribution in [0, 0.1) is 17.5 Å². The smallest absolute Gasteiger partial charge is 0.173 e. The van der Waals surface area contributed by atoms with Crippen LogP contribution in [0.1, 0.15) is 15.9 Å². The van der Waals surface area contributed by atoms with Gasteiger partial charge in [0.05, 0.1) is 12.7 Å². The van der Waals surface area contributed by atoms with Crippen molar-refractivity contribution in [2.24, 2.45) is 0 Å². The molecule has 2 nitrogen and oxygen atoms in total. The van der Waals surface area contributed by atoms with E-state index >= 15 is 0 Å². The fraction of sp³-hybridized carbons (Fsp3) is 0.133. The molecule has 0 saturated heterocycles. The van der Waals surface area contributed by atoms with Gasteiger partial charge in [-0.05, 0) is 23.8 Å². The molecule has 0 radical (unpaired) electrons. The lowest BCUT2D eigenvalue weighted by atomic mass is 10.0. The molecule has 110 valence electrons. The van der Waals surface area contributed by atoms with E-state index in [0.717, 1.165) is 12.1 Å². The van der Waals surface area contributed by atoms with Crippen LogP contribution in [-0.2, 0) is 6.42 Å². The Hall–Kier alpha value is -1.82. The van der Waals surface area contributed by atoms with Gasteiger partial charge in [-0.3, -0.25) is 4.79 Å². The van der Waals surface area contributed by atoms with E-state index in [-0.39, 0.29) is 15.8 Å². The maximum absolute atomic E-state index is 13.9. The van der Waals surface area contributed by atoms with Gasteiger partial charge in [-0.1, -0.05) is 28.1 Å². The summed E-state index contributed by atoms with van der Waals surface area (Å²) in [5.41, 5.74) is -0.665. The molecule has 0 heterocycles. The first-order chi connectivity index (χ1) is 9.93. The van der Waals surface area contributed by atoms with E-state index in [1.807, 2.05) is 0 Å². The second kappa shape index (κ2) is 6.30. The highest BCUT2D eigenvalue weighted by Gasteiger charge is 2.20. The number of Topliss-reactive ketones (excluding diaryl/α,β-unsaturated/α-hetero) is 1. The van der Waals surface area contributed by atoms with E-state index in [1.165, 1.54) is 25.3 Å². The van der Waals surface area contributed by atoms with Gasteiger partial charge in [0.2, 0.25) is 0 Å². The normalized spacial score (nSPS) is 10.5. The Kier molecular flexibility index (Phi) is 4.67. The van der Waals surface area contributed by atoms with Crippen LogP contribution in [0.4, 0.5) is 13.2 Å². The van der Waals surface area contributed by atoms with Gasteiger partial charge in [-0.25, -0.2) is 13.2 Å². The van der Waals surface area contributed by atoms with Crippen molar-refractivity contribution in [2.75, 3.05) is 7.11 Å². The molecular formula is C15H10BrF3O2. The summed E-state index contributed by atoms with van der Waals surface area (Å²) in [6.07, 6.45) is -0.460. The minimum atomic E-state index is -0.991. The number of rotatable bonds is 4. The second-order valence-electron chi connectivity index (χ2n) is 4.28. The van der Waals surface area contributed by atoms with Crippen LogP contribution in [0.2, 0.25) is 0 Å². The molecule has 0 spiro atoms. The highest BCUT2D eigenvalue weighted by Crippen LogP contribution is 2.24. The minimum absolute atomic E-state index is 0.0149. The summed E-state index contributed by atoms with van der Waals surface area (Å²) in [5, 5.41) is 0. The largest absolute Gasteiger partial charge is 0.494 e. The van der Waals surface area contributed by atoms with Crippen LogP contribution in [0.25, 0.3) is 0 Å². The molecule has 0 aliphatic heterocycles. The average molecular weight is 359 g/mol. The quantitative estimate of drug-likeness (QED) is 0.761. The van der Waals surface area contributed by atoms with E-state index in [2.05, 4.69) is 15.9 Å². The maximum atomic E-state index is 13.9. The van der Waals surface area contributed by atoms with Crippen LogP contribution >= 0.6 is 15.9 Å². The SMILES string of the molecule is COc1cccc(CC(=O)c2c(F)cc(Br)cc2F)c1F. The number of ketones is 1. The lowest BCUT2D eigenvalue weighted by Gasteiger charge is -2.08. The Morgan fingerprint density at radius 3 is 2.38 bits per heavy atom. The van der Waals surface area contributed by atoms with Crippen molar-refractivity contribution >= 4 is 21.7 Å². The van der Waals surface area contributed by atoms with Crippen molar-refractivity contribution < 1.29 is 22.7 Å². The van der Waals surface area contributed by atoms with Gasteiger partial charge in [0.25, 0.3) is 0 Å². The molecule has 2 aromatic rings. The van der Waals surface area contributed by atoms with Gasteiger partial charge in [-0.2, -0.15) is 0 Å². The summed E-state index contributed by atoms with van der Waals surface area (Å²) >= 11 is 2.93. The third kappa shape index (κ3) is 3.26. The van der Waals surface area contributed by atoms with E-state index in [0.29, 0.717) is 0 Å². The third-order valence-corrected chi connectivity index (χ3v) is 3.36. The Labute approximate surface area is 127 Å². The van der Waals surface area contributed by atoms with Gasteiger partial charge in [-0.15, -0.1) is 0 Å². The zero-order valence-corrected chi connectivity index (χ0v) is 12.5. The van der Waals surface area contributed by atoms with E-state index in [1.54, 1.807) is 0 Å². The number of hydrogen-bond donors (Lipinski definition) is 0. The molecule has 21 heavy (non-hydrogen) atoms. The Morgan fingerprint density at radius 1 is 1.19 bits per heavy atom. The first kappa shape index (κ1) is 15.6. The molecule has 0 aliphatic rings. The van der Waals surface area contributed by atoms with Crippen LogP contribution in [0.5, 0.6) is 5.75 Å². The van der Waals surface area contributed by atoms with Crippen molar-refractivity contribution in [1.82, 2.24) is 0 Å². The molecule has 2 aromatic carbocycles. The summed E-state index contributed by atoms with van der Waals surface area (Å²) in [4.78, 5) is 12.0. The first-order valence-electron chi connectivity index (χ1n) is 5.93. The Morgan fingerprint density at radius 2 is 1.81 bits per heavy atom. The number of ether oxygens (including phenoxy) is 1. The van der Waals surface area contributed by atoms with Crippen molar-refractivity contribution in [2.45, 2.75) is 6.42 Å². The lowest BCUT2D eigenvalue weighted by molar-refractivity contribution is 0.0983. The summed E-state index contributed by atoms with van der Waals surface area (Å²) in [7, 11) is 1.29. The molecule has 6 heteroatoms. The highest BCUT2D eigenvalue weighted by atomic mass is 79.9. The molecule has 0 N–H and O–H groups in total. The monoisotopic (exact) mass is 358 g/mol. The summed E-state index contributed by atoms with van der Waals surface area (Å²) in [6, 6.07) is 6.23. The number of carbonyl (C=O) groups excluding carboxylic acids is 1. The molecule has 0 aromatic heterocycles. The van der Waals surface area contributed by atoms with Gasteiger partial charge >= 0.3 is 0 Å². The standard InChI is InChI=1S/C15H10BrF3O2/c1-21-13-4-2-3-8(15(13)19)5-12(20)14-10(17)6-9(16)7-11(14)18/h2-4,6-7H,5H2,1H3. The van der Waals surface area contributed by atoms with Gasteiger partial charge in [0.15, 0.2) is 17.3 Å². The van der Waals surface area contributed by atoms with Crippen LogP contribution < -0.4 is 4.74 Å². The fourth-order valence-corrected chi connectivity index (χ4v) is 2.32. The molecule has 0 amide bonds. The number of hydrogen-bond acceptors (Lipinski definition) is 2. The first-order valence-corrected chi connectivity index (χ1v) is 6.72. The van der Waals surface area contributed by atoms with Crippen molar-refractivity contribution in [1.29, 1.82) is 0 Å². The number of carbonyl (C=O) groups is 1. The summed E-state index contributed by atoms with van der Waals surface area (Å²) in [6.45, 7) is 0. The predicted molar refractivity (Wildman–Crippen MR) is 75.0 cm³/mol. The summed E-state index contributed by atoms with van der Waals surface area (Å²) in [5.74, 6) is -3.57. The molecule has 0 fully saturated rings. The van der Waals surface area contributed by atoms with Crippen molar-refractivity contribution in [3.05, 3.63) is 63.4 Å². The van der Waals surface area contributed by atoms with Gasteiger partial charge < -0.3 is 4.74 Å². The highest BCUT2D eigenvalue weighted by molar-refractivity contribution is 9.10. The lowest BCUT2D eigenvalue weighted by Crippen LogP contribution is -2.10. The summed E-state index contributed by atoms with van der Waals surface area (Å²) < 4.78 is 46.3. The van der Waals surface area contributed by atoms with Crippen molar-refractivity contribution in [3.63, 3.8) is 0 Å². The number of benzene rings is 2. The Balaban J connectivity index is 2.35. The number of methoxy groups -OCH3 is 1. The maximum Gasteiger partial charge on any atom is 0.173 e. The molecule has 0 aliphatic carbocycles. The van der Waals surface area contributed by atoms with E-state index in [4.69, 9.17) is 4.74 Å². The molecule has 0 saturated carbocycles. The molecular weight excluding hydrogens is 349 g/mol. The van der Waals surface area contributed by atoms with Crippen LogP contribution in [0.3, 0.4) is 0 Å². The minimum Gasteiger partial charge on any atom is -0.494 e. The second-order valence-corrected chi connectivity index (χ2v) is 5.19. The topological polar surface area (TPSA) is 26.3 Å². The van der Waals surface area contributed by atoms with Gasteiger partial charge in [0.1, 0.15) is 11.6 Å². The van der Waals surface area contributed by atoms with Crippen molar-refractivity contribution in [3.8, 4) is 5.75 Å². The number of halogens is 4. The van der Waals surface area contributed by atoms with E-state index in [9.17, 15) is 18.0 Å².